The molecule has 0 fully saturated rings. The first-order valence-electron chi connectivity index (χ1n) is 5.06. The van der Waals surface area contributed by atoms with Crippen LogP contribution in [0.15, 0.2) is 0 Å². The molecule has 1 atom stereocenters. The van der Waals surface area contributed by atoms with E-state index in [9.17, 15) is 5.11 Å². The molecule has 0 saturated carbocycles. The third-order valence-corrected chi connectivity index (χ3v) is 2.16. The molecule has 16 heavy (non-hydrogen) atoms. The maximum Gasteiger partial charge on any atom is 0.134 e. The van der Waals surface area contributed by atoms with E-state index in [4.69, 9.17) is 10.5 Å². The number of aromatic nitrogens is 2. The monoisotopic (exact) mass is 226 g/mol. The summed E-state index contributed by atoms with van der Waals surface area (Å²) in [4.78, 5) is 8.25. The van der Waals surface area contributed by atoms with Crippen molar-refractivity contribution in [3.63, 3.8) is 0 Å². The van der Waals surface area contributed by atoms with Crippen molar-refractivity contribution in [1.82, 2.24) is 9.97 Å². The molecule has 1 aromatic rings. The summed E-state index contributed by atoms with van der Waals surface area (Å²) in [7, 11) is 1.54. The van der Waals surface area contributed by atoms with Crippen LogP contribution in [-0.2, 0) is 4.74 Å². The first-order valence-corrected chi connectivity index (χ1v) is 5.06. The molecular formula is C10H18N4O2. The molecule has 0 aliphatic carbocycles. The Kier molecular flexibility index (Phi) is 4.45. The third-order valence-electron chi connectivity index (χ3n) is 2.16. The SMILES string of the molecule is COCC(O)CNc1nc(C)nc(N)c1C. The van der Waals surface area contributed by atoms with Crippen molar-refractivity contribution in [3.8, 4) is 0 Å². The van der Waals surface area contributed by atoms with Crippen LogP contribution in [-0.4, -0.2) is 41.4 Å². The van der Waals surface area contributed by atoms with Gasteiger partial charge in [0.05, 0.1) is 12.7 Å². The summed E-state index contributed by atoms with van der Waals surface area (Å²) in [5, 5.41) is 12.5. The minimum atomic E-state index is -0.569. The number of nitrogens with one attached hydrogen (secondary N) is 1. The Hall–Kier alpha value is -1.40. The van der Waals surface area contributed by atoms with Crippen LogP contribution in [0.1, 0.15) is 11.4 Å². The summed E-state index contributed by atoms with van der Waals surface area (Å²) in [5.74, 6) is 1.71. The van der Waals surface area contributed by atoms with E-state index in [1.807, 2.05) is 6.92 Å². The van der Waals surface area contributed by atoms with Gasteiger partial charge in [-0.05, 0) is 13.8 Å². The van der Waals surface area contributed by atoms with Crippen LogP contribution in [0, 0.1) is 13.8 Å². The Balaban J connectivity index is 2.66. The highest BCUT2D eigenvalue weighted by Crippen LogP contribution is 2.16. The number of nitrogens with two attached hydrogens (primary N) is 1. The Morgan fingerprint density at radius 2 is 2.12 bits per heavy atom. The standard InChI is InChI=1S/C10H18N4O2/c1-6-9(11)13-7(2)14-10(6)12-4-8(15)5-16-3/h8,15H,4-5H2,1-3H3,(H3,11,12,13,14). The lowest BCUT2D eigenvalue weighted by Gasteiger charge is -2.13. The molecule has 0 aromatic carbocycles. The van der Waals surface area contributed by atoms with Gasteiger partial charge in [-0.15, -0.1) is 0 Å². The van der Waals surface area contributed by atoms with Gasteiger partial charge < -0.3 is 20.9 Å². The minimum Gasteiger partial charge on any atom is -0.389 e. The summed E-state index contributed by atoms with van der Waals surface area (Å²) < 4.78 is 4.82. The molecule has 0 saturated heterocycles. The lowest BCUT2D eigenvalue weighted by molar-refractivity contribution is 0.0727. The van der Waals surface area contributed by atoms with Crippen molar-refractivity contribution >= 4 is 11.6 Å². The van der Waals surface area contributed by atoms with Crippen molar-refractivity contribution in [2.75, 3.05) is 31.3 Å². The number of aliphatic hydroxyl groups excluding tert-OH is 1. The molecule has 1 rings (SSSR count). The fourth-order valence-corrected chi connectivity index (χ4v) is 1.29. The van der Waals surface area contributed by atoms with Gasteiger partial charge in [-0.25, -0.2) is 9.97 Å². The first-order chi connectivity index (χ1) is 7.54. The van der Waals surface area contributed by atoms with Gasteiger partial charge in [0, 0.05) is 19.2 Å². The second-order valence-electron chi connectivity index (χ2n) is 3.62. The van der Waals surface area contributed by atoms with Crippen molar-refractivity contribution in [2.45, 2.75) is 20.0 Å². The molecule has 90 valence electrons. The lowest BCUT2D eigenvalue weighted by Crippen LogP contribution is -2.25. The van der Waals surface area contributed by atoms with Gasteiger partial charge in [-0.3, -0.25) is 0 Å². The third kappa shape index (κ3) is 3.32. The average Bonchev–Trinajstić information content (AvgIpc) is 2.21. The number of methoxy groups -OCH3 is 1. The largest absolute Gasteiger partial charge is 0.389 e. The molecule has 0 aliphatic rings. The molecule has 0 radical (unpaired) electrons. The second kappa shape index (κ2) is 5.62. The summed E-state index contributed by atoms with van der Waals surface area (Å²) in [6, 6.07) is 0. The molecule has 1 unspecified atom stereocenters. The smallest absolute Gasteiger partial charge is 0.134 e. The second-order valence-corrected chi connectivity index (χ2v) is 3.62. The topological polar surface area (TPSA) is 93.3 Å². The molecule has 0 bridgehead atoms. The number of nitrogen functional groups attached to an aromatic ring is 1. The van der Waals surface area contributed by atoms with Crippen molar-refractivity contribution in [2.24, 2.45) is 0 Å². The normalized spacial score (nSPS) is 12.5. The molecule has 1 aromatic heterocycles. The number of aryl methyl sites for hydroxylation is 1. The molecular weight excluding hydrogens is 208 g/mol. The van der Waals surface area contributed by atoms with Crippen LogP contribution in [0.2, 0.25) is 0 Å². The molecule has 0 spiro atoms. The summed E-state index contributed by atoms with van der Waals surface area (Å²) in [6.07, 6.45) is -0.569. The van der Waals surface area contributed by atoms with Gasteiger partial charge >= 0.3 is 0 Å². The van der Waals surface area contributed by atoms with E-state index in [0.717, 1.165) is 5.56 Å². The van der Waals surface area contributed by atoms with Crippen LogP contribution in [0.4, 0.5) is 11.6 Å². The van der Waals surface area contributed by atoms with Gasteiger partial charge in [-0.2, -0.15) is 0 Å². The number of hydrogen-bond donors (Lipinski definition) is 3. The highest BCUT2D eigenvalue weighted by atomic mass is 16.5. The molecule has 0 aliphatic heterocycles. The molecule has 6 heteroatoms. The zero-order chi connectivity index (χ0) is 12.1. The Bertz CT molecular complexity index is 357. The molecule has 6 nitrogen and oxygen atoms in total. The Labute approximate surface area is 94.9 Å². The van der Waals surface area contributed by atoms with Gasteiger partial charge in [0.1, 0.15) is 17.5 Å². The fraction of sp³-hybridized carbons (Fsp3) is 0.600. The maximum absolute atomic E-state index is 9.48. The van der Waals surface area contributed by atoms with Crippen molar-refractivity contribution in [1.29, 1.82) is 0 Å². The van der Waals surface area contributed by atoms with E-state index < -0.39 is 6.10 Å². The van der Waals surface area contributed by atoms with Gasteiger partial charge in [0.25, 0.3) is 0 Å². The van der Waals surface area contributed by atoms with Crippen molar-refractivity contribution < 1.29 is 9.84 Å². The molecule has 0 amide bonds. The van der Waals surface area contributed by atoms with Crippen LogP contribution in [0.25, 0.3) is 0 Å². The first kappa shape index (κ1) is 12.7. The average molecular weight is 226 g/mol. The van der Waals surface area contributed by atoms with E-state index in [-0.39, 0.29) is 6.61 Å². The van der Waals surface area contributed by atoms with E-state index >= 15 is 0 Å². The van der Waals surface area contributed by atoms with E-state index in [1.54, 1.807) is 14.0 Å². The van der Waals surface area contributed by atoms with E-state index in [1.165, 1.54) is 0 Å². The lowest BCUT2D eigenvalue weighted by atomic mass is 10.3. The van der Waals surface area contributed by atoms with Crippen LogP contribution >= 0.6 is 0 Å². The van der Waals surface area contributed by atoms with E-state index in [0.29, 0.717) is 24.0 Å². The quantitative estimate of drug-likeness (QED) is 0.659. The molecule has 4 N–H and O–H groups in total. The van der Waals surface area contributed by atoms with Gasteiger partial charge in [0.15, 0.2) is 0 Å². The Morgan fingerprint density at radius 1 is 1.44 bits per heavy atom. The highest BCUT2D eigenvalue weighted by Gasteiger charge is 2.08. The summed E-state index contributed by atoms with van der Waals surface area (Å²) in [5.41, 5.74) is 6.50. The van der Waals surface area contributed by atoms with Crippen LogP contribution in [0.5, 0.6) is 0 Å². The molecule has 1 heterocycles. The predicted octanol–water partition coefficient (Wildman–Crippen LogP) is 0.0948. The van der Waals surface area contributed by atoms with Crippen molar-refractivity contribution in [3.05, 3.63) is 11.4 Å². The number of anilines is 2. The fourth-order valence-electron chi connectivity index (χ4n) is 1.29. The number of aliphatic hydroxyl groups is 1. The van der Waals surface area contributed by atoms with Gasteiger partial charge in [-0.1, -0.05) is 0 Å². The van der Waals surface area contributed by atoms with E-state index in [2.05, 4.69) is 15.3 Å². The number of hydrogen-bond acceptors (Lipinski definition) is 6. The van der Waals surface area contributed by atoms with Crippen LogP contribution < -0.4 is 11.1 Å². The summed E-state index contributed by atoms with van der Waals surface area (Å²) in [6.45, 7) is 4.25. The minimum absolute atomic E-state index is 0.283. The Morgan fingerprint density at radius 3 is 2.75 bits per heavy atom. The zero-order valence-corrected chi connectivity index (χ0v) is 9.82. The number of rotatable bonds is 5. The number of nitrogens with zero attached hydrogens (tertiary/aromatic N) is 2. The number of ether oxygens (including phenoxy) is 1. The predicted molar refractivity (Wildman–Crippen MR) is 62.3 cm³/mol. The highest BCUT2D eigenvalue weighted by molar-refractivity contribution is 5.54. The zero-order valence-electron chi connectivity index (χ0n) is 9.82. The summed E-state index contributed by atoms with van der Waals surface area (Å²) >= 11 is 0. The maximum atomic E-state index is 9.48. The van der Waals surface area contributed by atoms with Gasteiger partial charge in [0.2, 0.25) is 0 Å². The van der Waals surface area contributed by atoms with Crippen LogP contribution in [0.3, 0.4) is 0 Å².